The summed E-state index contributed by atoms with van der Waals surface area (Å²) in [6.07, 6.45) is 4.23. The molecule has 0 atom stereocenters. The molecule has 1 heterocycles. The number of nitrogens with zero attached hydrogens (tertiary/aromatic N) is 1. The predicted octanol–water partition coefficient (Wildman–Crippen LogP) is 0.00700. The summed E-state index contributed by atoms with van der Waals surface area (Å²) in [5.41, 5.74) is 0.436. The molecule has 0 N–H and O–H groups in total. The summed E-state index contributed by atoms with van der Waals surface area (Å²) in [5.74, 6) is -1.08. The molecule has 1 aliphatic heterocycles. The number of aliphatic imine (C=N–C) groups is 1. The zero-order chi connectivity index (χ0) is 8.55. The molecule has 0 fully saturated rings. The molecule has 4 nitrogen and oxygen atoms in total. The molecule has 0 aromatic carbocycles. The first kappa shape index (κ1) is 6.97. The number of rotatable bonds is 0. The molecule has 0 saturated carbocycles. The molecular weight excluding hydrogens is 158 g/mol. The summed E-state index contributed by atoms with van der Waals surface area (Å²) in [4.78, 5) is 25.9. The highest BCUT2D eigenvalue weighted by Crippen LogP contribution is 2.18. The average molecular weight is 163 g/mol. The van der Waals surface area contributed by atoms with Gasteiger partial charge in [0.25, 0.3) is 5.78 Å². The van der Waals surface area contributed by atoms with Gasteiger partial charge >= 0.3 is 0 Å². The van der Waals surface area contributed by atoms with Gasteiger partial charge in [-0.15, -0.1) is 0 Å². The van der Waals surface area contributed by atoms with Crippen molar-refractivity contribution in [3.05, 3.63) is 23.6 Å². The maximum absolute atomic E-state index is 11.1. The summed E-state index contributed by atoms with van der Waals surface area (Å²) >= 11 is 0. The molecule has 12 heavy (non-hydrogen) atoms. The van der Waals surface area contributed by atoms with E-state index in [1.54, 1.807) is 6.21 Å². The lowest BCUT2D eigenvalue weighted by molar-refractivity contribution is -0.133. The third-order valence-corrected chi connectivity index (χ3v) is 1.59. The highest BCUT2D eigenvalue weighted by Gasteiger charge is 2.26. The molecule has 0 radical (unpaired) electrons. The van der Waals surface area contributed by atoms with Crippen LogP contribution in [0.25, 0.3) is 0 Å². The van der Waals surface area contributed by atoms with Gasteiger partial charge in [-0.05, 0) is 12.2 Å². The van der Waals surface area contributed by atoms with E-state index in [2.05, 4.69) is 4.99 Å². The summed E-state index contributed by atoms with van der Waals surface area (Å²) in [5, 5.41) is 0. The zero-order valence-corrected chi connectivity index (χ0v) is 6.11. The lowest BCUT2D eigenvalue weighted by atomic mass is 10.1. The summed E-state index contributed by atoms with van der Waals surface area (Å²) in [6.45, 7) is 0.256. The SMILES string of the molecule is O=C1C=CC2=C(OCC=N2)C1=O. The first-order chi connectivity index (χ1) is 5.79. The molecular formula is C8H5NO3. The van der Waals surface area contributed by atoms with Gasteiger partial charge in [0.05, 0.1) is 0 Å². The van der Waals surface area contributed by atoms with Crippen LogP contribution in [-0.4, -0.2) is 24.4 Å². The summed E-state index contributed by atoms with van der Waals surface area (Å²) < 4.78 is 4.97. The highest BCUT2D eigenvalue weighted by atomic mass is 16.5. The van der Waals surface area contributed by atoms with Crippen molar-refractivity contribution < 1.29 is 14.3 Å². The fourth-order valence-corrected chi connectivity index (χ4v) is 1.03. The second-order valence-corrected chi connectivity index (χ2v) is 2.36. The fraction of sp³-hybridized carbons (Fsp3) is 0.125. The summed E-state index contributed by atoms with van der Waals surface area (Å²) in [6, 6.07) is 0. The second kappa shape index (κ2) is 2.41. The maximum Gasteiger partial charge on any atom is 0.269 e. The number of carbonyl (C=O) groups is 2. The smallest absolute Gasteiger partial charge is 0.269 e. The Morgan fingerprint density at radius 1 is 1.33 bits per heavy atom. The van der Waals surface area contributed by atoms with E-state index in [1.165, 1.54) is 12.2 Å². The van der Waals surface area contributed by atoms with Crippen molar-refractivity contribution in [2.45, 2.75) is 0 Å². The van der Waals surface area contributed by atoms with Crippen LogP contribution in [0.15, 0.2) is 28.6 Å². The molecule has 2 aliphatic rings. The number of hydrogen-bond donors (Lipinski definition) is 0. The van der Waals surface area contributed by atoms with Gasteiger partial charge in [0.15, 0.2) is 5.76 Å². The van der Waals surface area contributed by atoms with Gasteiger partial charge in [-0.3, -0.25) is 14.6 Å². The number of ether oxygens (including phenoxy) is 1. The number of allylic oxidation sites excluding steroid dienone is 3. The molecule has 0 aromatic rings. The standard InChI is InChI=1S/C8H5NO3/c10-6-2-1-5-8(7(6)11)12-4-3-9-5/h1-3H,4H2. The number of carbonyl (C=O) groups excluding carboxylic acids is 2. The van der Waals surface area contributed by atoms with Crippen LogP contribution in [0, 0.1) is 0 Å². The first-order valence-electron chi connectivity index (χ1n) is 3.45. The van der Waals surface area contributed by atoms with Crippen molar-refractivity contribution in [2.24, 2.45) is 4.99 Å². The molecule has 2 rings (SSSR count). The van der Waals surface area contributed by atoms with E-state index < -0.39 is 11.6 Å². The van der Waals surface area contributed by atoms with E-state index >= 15 is 0 Å². The molecule has 0 spiro atoms. The van der Waals surface area contributed by atoms with Crippen LogP contribution >= 0.6 is 0 Å². The normalized spacial score (nSPS) is 21.0. The van der Waals surface area contributed by atoms with Crippen molar-refractivity contribution in [1.82, 2.24) is 0 Å². The van der Waals surface area contributed by atoms with Crippen LogP contribution in [0.5, 0.6) is 0 Å². The lowest BCUT2D eigenvalue weighted by Gasteiger charge is -2.14. The Morgan fingerprint density at radius 2 is 2.17 bits per heavy atom. The van der Waals surface area contributed by atoms with E-state index in [1.807, 2.05) is 0 Å². The van der Waals surface area contributed by atoms with Crippen LogP contribution in [0.4, 0.5) is 0 Å². The van der Waals surface area contributed by atoms with E-state index in [0.29, 0.717) is 5.70 Å². The Bertz CT molecular complexity index is 349. The predicted molar refractivity (Wildman–Crippen MR) is 40.6 cm³/mol. The van der Waals surface area contributed by atoms with Crippen LogP contribution in [-0.2, 0) is 14.3 Å². The Balaban J connectivity index is 2.48. The van der Waals surface area contributed by atoms with E-state index in [0.717, 1.165) is 0 Å². The van der Waals surface area contributed by atoms with Crippen LogP contribution < -0.4 is 0 Å². The van der Waals surface area contributed by atoms with Gasteiger partial charge in [-0.1, -0.05) is 0 Å². The second-order valence-electron chi connectivity index (χ2n) is 2.36. The molecule has 0 saturated heterocycles. The van der Waals surface area contributed by atoms with Gasteiger partial charge in [0, 0.05) is 6.21 Å². The Morgan fingerprint density at radius 3 is 3.00 bits per heavy atom. The summed E-state index contributed by atoms with van der Waals surface area (Å²) in [7, 11) is 0. The fourth-order valence-electron chi connectivity index (χ4n) is 1.03. The van der Waals surface area contributed by atoms with Gasteiger partial charge in [0.1, 0.15) is 12.3 Å². The largest absolute Gasteiger partial charge is 0.482 e. The lowest BCUT2D eigenvalue weighted by Crippen LogP contribution is -2.22. The molecule has 0 unspecified atom stereocenters. The average Bonchev–Trinajstić information content (AvgIpc) is 2.12. The van der Waals surface area contributed by atoms with Gasteiger partial charge in [-0.25, -0.2) is 0 Å². The molecule has 0 amide bonds. The van der Waals surface area contributed by atoms with E-state index in [9.17, 15) is 9.59 Å². The quantitative estimate of drug-likeness (QED) is 0.373. The molecule has 0 bridgehead atoms. The van der Waals surface area contributed by atoms with Crippen LogP contribution in [0.2, 0.25) is 0 Å². The zero-order valence-electron chi connectivity index (χ0n) is 6.11. The molecule has 0 aromatic heterocycles. The van der Waals surface area contributed by atoms with Crippen molar-refractivity contribution in [1.29, 1.82) is 0 Å². The van der Waals surface area contributed by atoms with E-state index in [-0.39, 0.29) is 12.4 Å². The minimum absolute atomic E-state index is 0.0741. The minimum Gasteiger partial charge on any atom is -0.482 e. The maximum atomic E-state index is 11.1. The van der Waals surface area contributed by atoms with Crippen molar-refractivity contribution in [2.75, 3.05) is 6.61 Å². The van der Waals surface area contributed by atoms with Gasteiger partial charge < -0.3 is 4.74 Å². The highest BCUT2D eigenvalue weighted by molar-refractivity contribution is 6.47. The number of ketones is 2. The third kappa shape index (κ3) is 0.887. The van der Waals surface area contributed by atoms with Gasteiger partial charge in [0.2, 0.25) is 5.78 Å². The van der Waals surface area contributed by atoms with Crippen LogP contribution in [0.1, 0.15) is 0 Å². The van der Waals surface area contributed by atoms with Crippen molar-refractivity contribution in [3.8, 4) is 0 Å². The molecule has 4 heteroatoms. The Hall–Kier alpha value is -1.71. The van der Waals surface area contributed by atoms with E-state index in [4.69, 9.17) is 4.74 Å². The number of Topliss-reactive ketones (excluding diaryl/α,β-unsaturated/α-hetero) is 1. The molecule has 1 aliphatic carbocycles. The molecule has 60 valence electrons. The minimum atomic E-state index is -0.607. The monoisotopic (exact) mass is 163 g/mol. The number of hydrogen-bond acceptors (Lipinski definition) is 4. The van der Waals surface area contributed by atoms with Crippen molar-refractivity contribution >= 4 is 17.8 Å². The van der Waals surface area contributed by atoms with Gasteiger partial charge in [-0.2, -0.15) is 0 Å². The Labute approximate surface area is 68.2 Å². The van der Waals surface area contributed by atoms with Crippen molar-refractivity contribution in [3.63, 3.8) is 0 Å². The van der Waals surface area contributed by atoms with Crippen LogP contribution in [0.3, 0.4) is 0 Å². The Kier molecular flexibility index (Phi) is 1.40. The first-order valence-corrected chi connectivity index (χ1v) is 3.45. The topological polar surface area (TPSA) is 55.7 Å². The third-order valence-electron chi connectivity index (χ3n) is 1.59.